The molecule has 1 heterocycles. The molecule has 0 saturated heterocycles. The Kier molecular flexibility index (Phi) is 6.59. The Morgan fingerprint density at radius 3 is 2.45 bits per heavy atom. The molecule has 0 radical (unpaired) electrons. The molecule has 6 heteroatoms. The van der Waals surface area contributed by atoms with Crippen LogP contribution in [0, 0.1) is 5.82 Å². The number of amides is 2. The molecule has 0 bridgehead atoms. The number of rotatable bonds is 6. The Labute approximate surface area is 184 Å². The van der Waals surface area contributed by atoms with Crippen molar-refractivity contribution in [3.05, 3.63) is 109 Å². The average Bonchev–Trinajstić information content (AvgIpc) is 2.80. The van der Waals surface area contributed by atoms with Gasteiger partial charge in [0.05, 0.1) is 0 Å². The number of benzene rings is 3. The first-order valence-electron chi connectivity index (χ1n) is 9.74. The van der Waals surface area contributed by atoms with Crippen LogP contribution >= 0.6 is 11.8 Å². The van der Waals surface area contributed by atoms with Crippen LogP contribution in [0.2, 0.25) is 0 Å². The maximum absolute atomic E-state index is 13.7. The van der Waals surface area contributed by atoms with Crippen LogP contribution in [-0.2, 0) is 6.54 Å². The predicted octanol–water partition coefficient (Wildman–Crippen LogP) is 6.36. The summed E-state index contributed by atoms with van der Waals surface area (Å²) in [6, 6.07) is 25.6. The van der Waals surface area contributed by atoms with Crippen molar-refractivity contribution in [1.29, 1.82) is 0 Å². The van der Waals surface area contributed by atoms with Crippen LogP contribution in [0.3, 0.4) is 0 Å². The first-order chi connectivity index (χ1) is 15.2. The van der Waals surface area contributed by atoms with E-state index < -0.39 is 0 Å². The lowest BCUT2D eigenvalue weighted by atomic mass is 10.1. The highest BCUT2D eigenvalue weighted by atomic mass is 32.2. The number of urea groups is 1. The fourth-order valence-corrected chi connectivity index (χ4v) is 4.01. The van der Waals surface area contributed by atoms with Gasteiger partial charge in [0.25, 0.3) is 0 Å². The van der Waals surface area contributed by atoms with Crippen LogP contribution in [0.15, 0.2) is 107 Å². The van der Waals surface area contributed by atoms with Crippen LogP contribution in [0.25, 0.3) is 11.1 Å². The summed E-state index contributed by atoms with van der Waals surface area (Å²) in [4.78, 5) is 18.1. The van der Waals surface area contributed by atoms with E-state index in [4.69, 9.17) is 0 Å². The van der Waals surface area contributed by atoms with Crippen molar-refractivity contribution in [2.75, 3.05) is 5.32 Å². The quantitative estimate of drug-likeness (QED) is 0.375. The van der Waals surface area contributed by atoms with Crippen LogP contribution in [0.1, 0.15) is 5.56 Å². The third kappa shape index (κ3) is 5.71. The van der Waals surface area contributed by atoms with Crippen LogP contribution in [-0.4, -0.2) is 11.0 Å². The lowest BCUT2D eigenvalue weighted by Crippen LogP contribution is -2.28. The van der Waals surface area contributed by atoms with Gasteiger partial charge in [0.15, 0.2) is 0 Å². The zero-order chi connectivity index (χ0) is 21.5. The Balaban J connectivity index is 1.40. The van der Waals surface area contributed by atoms with Crippen molar-refractivity contribution in [2.45, 2.75) is 16.3 Å². The van der Waals surface area contributed by atoms with Crippen molar-refractivity contribution in [1.82, 2.24) is 10.3 Å². The number of hydrogen-bond acceptors (Lipinski definition) is 3. The molecular formula is C25H20FN3OS. The van der Waals surface area contributed by atoms with E-state index in [0.29, 0.717) is 12.2 Å². The molecule has 4 nitrogen and oxygen atoms in total. The minimum atomic E-state index is -0.270. The molecule has 4 rings (SSSR count). The van der Waals surface area contributed by atoms with E-state index in [9.17, 15) is 9.18 Å². The first kappa shape index (κ1) is 20.6. The zero-order valence-corrected chi connectivity index (χ0v) is 17.4. The summed E-state index contributed by atoms with van der Waals surface area (Å²) < 4.78 is 13.7. The van der Waals surface area contributed by atoms with Crippen LogP contribution < -0.4 is 10.6 Å². The van der Waals surface area contributed by atoms with Gasteiger partial charge < -0.3 is 10.6 Å². The Morgan fingerprint density at radius 2 is 1.68 bits per heavy atom. The molecule has 1 aromatic heterocycles. The number of nitrogens with zero attached hydrogens (tertiary/aromatic N) is 1. The van der Waals surface area contributed by atoms with E-state index in [1.165, 1.54) is 12.1 Å². The normalized spacial score (nSPS) is 10.5. The number of carbonyl (C=O) groups is 1. The molecule has 0 aliphatic rings. The maximum atomic E-state index is 13.7. The summed E-state index contributed by atoms with van der Waals surface area (Å²) >= 11 is 1.59. The molecule has 154 valence electrons. The van der Waals surface area contributed by atoms with E-state index in [2.05, 4.69) is 15.6 Å². The fraction of sp³-hybridized carbons (Fsp3) is 0.0400. The second-order valence-corrected chi connectivity index (χ2v) is 7.91. The number of nitrogens with one attached hydrogen (secondary N) is 2. The molecule has 0 aliphatic heterocycles. The van der Waals surface area contributed by atoms with Crippen molar-refractivity contribution in [2.24, 2.45) is 0 Å². The van der Waals surface area contributed by atoms with Gasteiger partial charge in [0.1, 0.15) is 5.82 Å². The second kappa shape index (κ2) is 9.91. The molecule has 31 heavy (non-hydrogen) atoms. The van der Waals surface area contributed by atoms with Gasteiger partial charge >= 0.3 is 6.03 Å². The molecule has 0 saturated carbocycles. The molecule has 2 N–H and O–H groups in total. The number of anilines is 1. The minimum absolute atomic E-state index is 0.255. The highest BCUT2D eigenvalue weighted by molar-refractivity contribution is 7.99. The Bertz CT molecular complexity index is 1170. The third-order valence-corrected chi connectivity index (χ3v) is 5.65. The van der Waals surface area contributed by atoms with Crippen molar-refractivity contribution in [3.8, 4) is 11.1 Å². The topological polar surface area (TPSA) is 54.0 Å². The van der Waals surface area contributed by atoms with Gasteiger partial charge in [-0.05, 0) is 71.3 Å². The lowest BCUT2D eigenvalue weighted by molar-refractivity contribution is 0.251. The first-order valence-corrected chi connectivity index (χ1v) is 10.6. The summed E-state index contributed by atoms with van der Waals surface area (Å²) in [6.07, 6.45) is 3.38. The van der Waals surface area contributed by atoms with Gasteiger partial charge in [-0.25, -0.2) is 9.18 Å². The van der Waals surface area contributed by atoms with Gasteiger partial charge in [0, 0.05) is 34.4 Å². The predicted molar refractivity (Wildman–Crippen MR) is 122 cm³/mol. The second-order valence-electron chi connectivity index (χ2n) is 6.80. The third-order valence-electron chi connectivity index (χ3n) is 4.57. The van der Waals surface area contributed by atoms with Crippen LogP contribution in [0.4, 0.5) is 14.9 Å². The highest BCUT2D eigenvalue weighted by Crippen LogP contribution is 2.36. The van der Waals surface area contributed by atoms with E-state index in [0.717, 1.165) is 26.5 Å². The van der Waals surface area contributed by atoms with Gasteiger partial charge in [-0.3, -0.25) is 4.98 Å². The van der Waals surface area contributed by atoms with Gasteiger partial charge in [-0.2, -0.15) is 0 Å². The Morgan fingerprint density at radius 1 is 0.903 bits per heavy atom. The van der Waals surface area contributed by atoms with Crippen LogP contribution in [0.5, 0.6) is 0 Å². The van der Waals surface area contributed by atoms with Crippen molar-refractivity contribution in [3.63, 3.8) is 0 Å². The van der Waals surface area contributed by atoms with Gasteiger partial charge in [0.2, 0.25) is 0 Å². The standard InChI is InChI=1S/C25H20FN3OS/c26-20-5-3-4-19(16-20)23-6-1-2-7-24(23)31-22-10-8-21(9-11-22)29-25(30)28-17-18-12-14-27-15-13-18/h1-16H,17H2,(H2,28,29,30). The number of hydrogen-bond donors (Lipinski definition) is 2. The van der Waals surface area contributed by atoms with E-state index in [1.54, 1.807) is 30.2 Å². The largest absolute Gasteiger partial charge is 0.334 e. The zero-order valence-electron chi connectivity index (χ0n) is 16.6. The minimum Gasteiger partial charge on any atom is -0.334 e. The lowest BCUT2D eigenvalue weighted by Gasteiger charge is -2.11. The molecule has 0 atom stereocenters. The maximum Gasteiger partial charge on any atom is 0.319 e. The molecule has 0 spiro atoms. The smallest absolute Gasteiger partial charge is 0.319 e. The number of carbonyl (C=O) groups excluding carboxylic acids is 1. The average molecular weight is 430 g/mol. The Hall–Kier alpha value is -3.64. The van der Waals surface area contributed by atoms with E-state index >= 15 is 0 Å². The fourth-order valence-electron chi connectivity index (χ4n) is 3.04. The summed E-state index contributed by atoms with van der Waals surface area (Å²) in [5.74, 6) is -0.255. The number of halogens is 1. The number of pyridine rings is 1. The molecular weight excluding hydrogens is 409 g/mol. The van der Waals surface area contributed by atoms with Crippen molar-refractivity contribution < 1.29 is 9.18 Å². The van der Waals surface area contributed by atoms with E-state index in [1.807, 2.05) is 66.7 Å². The molecule has 0 aliphatic carbocycles. The summed E-state index contributed by atoms with van der Waals surface area (Å²) in [6.45, 7) is 0.430. The monoisotopic (exact) mass is 429 g/mol. The summed E-state index contributed by atoms with van der Waals surface area (Å²) in [7, 11) is 0. The molecule has 2 amide bonds. The molecule has 3 aromatic carbocycles. The number of aromatic nitrogens is 1. The van der Waals surface area contributed by atoms with Gasteiger partial charge in [-0.15, -0.1) is 0 Å². The van der Waals surface area contributed by atoms with Gasteiger partial charge in [-0.1, -0.05) is 42.1 Å². The van der Waals surface area contributed by atoms with E-state index in [-0.39, 0.29) is 11.8 Å². The molecule has 4 aromatic rings. The summed E-state index contributed by atoms with van der Waals surface area (Å²) in [5.41, 5.74) is 3.50. The highest BCUT2D eigenvalue weighted by Gasteiger charge is 2.08. The SMILES string of the molecule is O=C(NCc1ccncc1)Nc1ccc(Sc2ccccc2-c2cccc(F)c2)cc1. The summed E-state index contributed by atoms with van der Waals surface area (Å²) in [5, 5.41) is 5.65. The van der Waals surface area contributed by atoms with Crippen molar-refractivity contribution >= 4 is 23.5 Å². The molecule has 0 unspecified atom stereocenters. The molecule has 0 fully saturated rings.